The van der Waals surface area contributed by atoms with E-state index < -0.39 is 5.97 Å². The highest BCUT2D eigenvalue weighted by atomic mass is 16.4. The number of carboxylic acid groups (broad SMARTS) is 1. The number of nitrogens with zero attached hydrogens (tertiary/aromatic N) is 2. The van der Waals surface area contributed by atoms with Gasteiger partial charge in [-0.2, -0.15) is 5.10 Å². The summed E-state index contributed by atoms with van der Waals surface area (Å²) in [4.78, 5) is 11.1. The average molecular weight is 273 g/mol. The van der Waals surface area contributed by atoms with Crippen molar-refractivity contribution in [2.45, 2.75) is 26.3 Å². The molecule has 0 bridgehead atoms. The zero-order chi connectivity index (χ0) is 14.7. The van der Waals surface area contributed by atoms with Crippen molar-refractivity contribution in [1.82, 2.24) is 9.78 Å². The summed E-state index contributed by atoms with van der Waals surface area (Å²) < 4.78 is 1.59. The first-order valence-corrected chi connectivity index (χ1v) is 6.57. The number of anilines is 1. The van der Waals surface area contributed by atoms with Gasteiger partial charge in [-0.3, -0.25) is 4.68 Å². The van der Waals surface area contributed by atoms with E-state index in [0.717, 1.165) is 5.69 Å². The van der Waals surface area contributed by atoms with E-state index in [2.05, 4.69) is 36.4 Å². The van der Waals surface area contributed by atoms with Crippen molar-refractivity contribution >= 4 is 11.7 Å². The number of aromatic carboxylic acids is 1. The van der Waals surface area contributed by atoms with Gasteiger partial charge in [0.1, 0.15) is 5.56 Å². The van der Waals surface area contributed by atoms with E-state index in [9.17, 15) is 4.79 Å². The number of benzene rings is 1. The Kier molecular flexibility index (Phi) is 4.08. The molecule has 0 atom stereocenters. The highest BCUT2D eigenvalue weighted by Gasteiger charge is 2.14. The number of rotatable bonds is 5. The van der Waals surface area contributed by atoms with E-state index in [-0.39, 0.29) is 5.56 Å². The molecule has 1 heterocycles. The van der Waals surface area contributed by atoms with Crippen LogP contribution in [0, 0.1) is 0 Å². The molecule has 20 heavy (non-hydrogen) atoms. The van der Waals surface area contributed by atoms with E-state index in [4.69, 9.17) is 5.11 Å². The van der Waals surface area contributed by atoms with Gasteiger partial charge >= 0.3 is 5.97 Å². The van der Waals surface area contributed by atoms with Crippen LogP contribution >= 0.6 is 0 Å². The molecule has 0 aliphatic rings. The van der Waals surface area contributed by atoms with Crippen molar-refractivity contribution in [2.24, 2.45) is 7.05 Å². The molecule has 0 aliphatic carbocycles. The second-order valence-corrected chi connectivity index (χ2v) is 5.07. The van der Waals surface area contributed by atoms with Crippen LogP contribution in [0.15, 0.2) is 30.5 Å². The molecule has 5 heteroatoms. The molecule has 0 spiro atoms. The van der Waals surface area contributed by atoms with Crippen LogP contribution in [0.5, 0.6) is 0 Å². The average Bonchev–Trinajstić information content (AvgIpc) is 2.78. The summed E-state index contributed by atoms with van der Waals surface area (Å²) in [5.41, 5.74) is 3.12. The summed E-state index contributed by atoms with van der Waals surface area (Å²) >= 11 is 0. The van der Waals surface area contributed by atoms with Crippen LogP contribution in [0.2, 0.25) is 0 Å². The molecule has 106 valence electrons. The second-order valence-electron chi connectivity index (χ2n) is 5.07. The highest BCUT2D eigenvalue weighted by Crippen LogP contribution is 2.19. The number of aryl methyl sites for hydroxylation is 1. The summed E-state index contributed by atoms with van der Waals surface area (Å²) in [5, 5.41) is 16.4. The molecule has 0 amide bonds. The van der Waals surface area contributed by atoms with Crippen molar-refractivity contribution in [2.75, 3.05) is 5.32 Å². The Morgan fingerprint density at radius 2 is 2.20 bits per heavy atom. The van der Waals surface area contributed by atoms with Crippen LogP contribution in [-0.4, -0.2) is 20.9 Å². The lowest BCUT2D eigenvalue weighted by Crippen LogP contribution is -2.10. The van der Waals surface area contributed by atoms with Crippen LogP contribution in [-0.2, 0) is 13.6 Å². The maximum absolute atomic E-state index is 11.1. The first kappa shape index (κ1) is 14.1. The number of hydrogen-bond donors (Lipinski definition) is 2. The lowest BCUT2D eigenvalue weighted by molar-refractivity contribution is 0.0695. The largest absolute Gasteiger partial charge is 0.478 e. The van der Waals surface area contributed by atoms with Crippen molar-refractivity contribution in [3.63, 3.8) is 0 Å². The first-order chi connectivity index (χ1) is 9.49. The van der Waals surface area contributed by atoms with Crippen LogP contribution in [0.4, 0.5) is 5.69 Å². The molecule has 2 rings (SSSR count). The Labute approximate surface area is 118 Å². The number of nitrogens with one attached hydrogen (secondary N) is 1. The smallest absolute Gasteiger partial charge is 0.339 e. The molecule has 2 aromatic rings. The molecular formula is C15H19N3O2. The minimum absolute atomic E-state index is 0.236. The number of aromatic nitrogens is 2. The zero-order valence-corrected chi connectivity index (χ0v) is 11.9. The van der Waals surface area contributed by atoms with Crippen LogP contribution < -0.4 is 5.32 Å². The lowest BCUT2D eigenvalue weighted by atomic mass is 10.0. The van der Waals surface area contributed by atoms with Crippen molar-refractivity contribution in [3.05, 3.63) is 47.3 Å². The Bertz CT molecular complexity index is 617. The minimum atomic E-state index is -0.953. The molecule has 0 radical (unpaired) electrons. The van der Waals surface area contributed by atoms with Crippen LogP contribution in [0.3, 0.4) is 0 Å². The van der Waals surface area contributed by atoms with Crippen molar-refractivity contribution in [3.8, 4) is 0 Å². The fourth-order valence-corrected chi connectivity index (χ4v) is 2.04. The molecular weight excluding hydrogens is 254 g/mol. The minimum Gasteiger partial charge on any atom is -0.478 e. The van der Waals surface area contributed by atoms with Crippen molar-refractivity contribution in [1.29, 1.82) is 0 Å². The Balaban J connectivity index is 2.15. The van der Waals surface area contributed by atoms with Gasteiger partial charge in [-0.1, -0.05) is 26.0 Å². The van der Waals surface area contributed by atoms with Gasteiger partial charge in [0.05, 0.1) is 18.4 Å². The summed E-state index contributed by atoms with van der Waals surface area (Å²) in [6, 6.07) is 8.14. The number of carbonyl (C=O) groups is 1. The SMILES string of the molecule is CC(C)c1cccc(NCc2c(C(=O)O)cnn2C)c1. The van der Waals surface area contributed by atoms with E-state index in [1.54, 1.807) is 11.7 Å². The topological polar surface area (TPSA) is 67.2 Å². The molecule has 0 saturated heterocycles. The lowest BCUT2D eigenvalue weighted by Gasteiger charge is -2.11. The predicted octanol–water partition coefficient (Wildman–Crippen LogP) is 2.85. The molecule has 0 unspecified atom stereocenters. The Morgan fingerprint density at radius 3 is 2.85 bits per heavy atom. The maximum Gasteiger partial charge on any atom is 0.339 e. The second kappa shape index (κ2) is 5.77. The van der Waals surface area contributed by atoms with Gasteiger partial charge in [-0.15, -0.1) is 0 Å². The van der Waals surface area contributed by atoms with Gasteiger partial charge in [0.15, 0.2) is 0 Å². The normalized spacial score (nSPS) is 10.8. The molecule has 0 saturated carbocycles. The van der Waals surface area contributed by atoms with E-state index in [1.807, 2.05) is 12.1 Å². The molecule has 2 N–H and O–H groups in total. The molecule has 5 nitrogen and oxygen atoms in total. The quantitative estimate of drug-likeness (QED) is 0.879. The standard InChI is InChI=1S/C15H19N3O2/c1-10(2)11-5-4-6-12(7-11)16-9-14-13(15(19)20)8-17-18(14)3/h4-8,10,16H,9H2,1-3H3,(H,19,20). The zero-order valence-electron chi connectivity index (χ0n) is 11.9. The molecule has 1 aromatic heterocycles. The summed E-state index contributed by atoms with van der Waals surface area (Å²) in [7, 11) is 1.74. The van der Waals surface area contributed by atoms with Gasteiger partial charge in [-0.25, -0.2) is 4.79 Å². The van der Waals surface area contributed by atoms with Gasteiger partial charge in [0.25, 0.3) is 0 Å². The van der Waals surface area contributed by atoms with Crippen LogP contribution in [0.25, 0.3) is 0 Å². The third kappa shape index (κ3) is 2.99. The predicted molar refractivity (Wildman–Crippen MR) is 78.0 cm³/mol. The highest BCUT2D eigenvalue weighted by molar-refractivity contribution is 5.88. The fraction of sp³-hybridized carbons (Fsp3) is 0.333. The van der Waals surface area contributed by atoms with E-state index in [1.165, 1.54) is 11.8 Å². The summed E-state index contributed by atoms with van der Waals surface area (Å²) in [6.45, 7) is 4.71. The van der Waals surface area contributed by atoms with E-state index >= 15 is 0 Å². The third-order valence-corrected chi connectivity index (χ3v) is 3.31. The van der Waals surface area contributed by atoms with Gasteiger partial charge in [0, 0.05) is 12.7 Å². The Morgan fingerprint density at radius 1 is 1.45 bits per heavy atom. The van der Waals surface area contributed by atoms with Crippen molar-refractivity contribution < 1.29 is 9.90 Å². The van der Waals surface area contributed by atoms with Gasteiger partial charge < -0.3 is 10.4 Å². The molecule has 1 aromatic carbocycles. The Hall–Kier alpha value is -2.30. The number of hydrogen-bond acceptors (Lipinski definition) is 3. The fourth-order valence-electron chi connectivity index (χ4n) is 2.04. The first-order valence-electron chi connectivity index (χ1n) is 6.57. The van der Waals surface area contributed by atoms with Crippen LogP contribution in [0.1, 0.15) is 41.4 Å². The van der Waals surface area contributed by atoms with Gasteiger partial charge in [-0.05, 0) is 23.6 Å². The van der Waals surface area contributed by atoms with E-state index in [0.29, 0.717) is 18.2 Å². The summed E-state index contributed by atoms with van der Waals surface area (Å²) in [5.74, 6) is -0.492. The third-order valence-electron chi connectivity index (χ3n) is 3.31. The van der Waals surface area contributed by atoms with Gasteiger partial charge in [0.2, 0.25) is 0 Å². The number of carboxylic acids is 1. The monoisotopic (exact) mass is 273 g/mol. The maximum atomic E-state index is 11.1. The summed E-state index contributed by atoms with van der Waals surface area (Å²) in [6.07, 6.45) is 1.38. The molecule has 0 aliphatic heterocycles. The molecule has 0 fully saturated rings.